The SMILES string of the molecule is Cc1c(NC2=NCCN2)ccc2ccc(C(C)C)nc12. The van der Waals surface area contributed by atoms with Crippen molar-refractivity contribution in [3.8, 4) is 0 Å². The van der Waals surface area contributed by atoms with Crippen molar-refractivity contribution >= 4 is 22.5 Å². The molecule has 0 atom stereocenters. The van der Waals surface area contributed by atoms with Crippen molar-refractivity contribution in [3.05, 3.63) is 35.5 Å². The van der Waals surface area contributed by atoms with Gasteiger partial charge in [0.15, 0.2) is 5.96 Å². The normalized spacial score (nSPS) is 14.5. The largest absolute Gasteiger partial charge is 0.354 e. The van der Waals surface area contributed by atoms with Crippen LogP contribution < -0.4 is 10.6 Å². The van der Waals surface area contributed by atoms with Crippen LogP contribution in [0.2, 0.25) is 0 Å². The number of aliphatic imine (C=N–C) groups is 1. The summed E-state index contributed by atoms with van der Waals surface area (Å²) in [5.41, 5.74) is 4.44. The molecule has 1 aliphatic heterocycles. The molecule has 1 aromatic heterocycles. The molecule has 1 aliphatic rings. The fourth-order valence-electron chi connectivity index (χ4n) is 2.41. The third-order valence-electron chi connectivity index (χ3n) is 3.66. The number of anilines is 1. The van der Waals surface area contributed by atoms with E-state index in [1.807, 2.05) is 0 Å². The molecule has 0 amide bonds. The third kappa shape index (κ3) is 2.33. The highest BCUT2D eigenvalue weighted by Gasteiger charge is 2.10. The molecule has 4 heteroatoms. The number of pyridine rings is 1. The molecule has 0 saturated heterocycles. The monoisotopic (exact) mass is 268 g/mol. The van der Waals surface area contributed by atoms with E-state index >= 15 is 0 Å². The number of nitrogens with one attached hydrogen (secondary N) is 2. The lowest BCUT2D eigenvalue weighted by Crippen LogP contribution is -2.26. The van der Waals surface area contributed by atoms with Gasteiger partial charge in [-0.2, -0.15) is 0 Å². The van der Waals surface area contributed by atoms with Crippen molar-refractivity contribution in [2.75, 3.05) is 18.4 Å². The molecule has 1 aromatic carbocycles. The van der Waals surface area contributed by atoms with Gasteiger partial charge >= 0.3 is 0 Å². The molecular formula is C16H20N4. The first kappa shape index (κ1) is 12.9. The Labute approximate surface area is 119 Å². The number of guanidine groups is 1. The lowest BCUT2D eigenvalue weighted by molar-refractivity contribution is 0.829. The van der Waals surface area contributed by atoms with Crippen molar-refractivity contribution in [1.29, 1.82) is 0 Å². The van der Waals surface area contributed by atoms with Gasteiger partial charge in [-0.05, 0) is 30.5 Å². The zero-order chi connectivity index (χ0) is 14.1. The highest BCUT2D eigenvalue weighted by atomic mass is 15.2. The average Bonchev–Trinajstić information content (AvgIpc) is 2.94. The molecular weight excluding hydrogens is 248 g/mol. The number of hydrogen-bond donors (Lipinski definition) is 2. The van der Waals surface area contributed by atoms with Crippen molar-refractivity contribution < 1.29 is 0 Å². The second-order valence-corrected chi connectivity index (χ2v) is 5.48. The molecule has 0 aliphatic carbocycles. The fourth-order valence-corrected chi connectivity index (χ4v) is 2.41. The van der Waals surface area contributed by atoms with Crippen molar-refractivity contribution in [3.63, 3.8) is 0 Å². The molecule has 0 radical (unpaired) electrons. The summed E-state index contributed by atoms with van der Waals surface area (Å²) in [5, 5.41) is 7.76. The Kier molecular flexibility index (Phi) is 3.30. The van der Waals surface area contributed by atoms with Crippen LogP contribution in [0, 0.1) is 6.92 Å². The maximum atomic E-state index is 4.81. The maximum Gasteiger partial charge on any atom is 0.195 e. The first-order chi connectivity index (χ1) is 9.65. The Morgan fingerprint density at radius 1 is 1.20 bits per heavy atom. The predicted octanol–water partition coefficient (Wildman–Crippen LogP) is 3.04. The van der Waals surface area contributed by atoms with Crippen molar-refractivity contribution in [2.24, 2.45) is 4.99 Å². The number of hydrogen-bond acceptors (Lipinski definition) is 4. The van der Waals surface area contributed by atoms with Gasteiger partial charge in [0, 0.05) is 23.3 Å². The third-order valence-corrected chi connectivity index (χ3v) is 3.66. The summed E-state index contributed by atoms with van der Waals surface area (Å²) in [7, 11) is 0. The van der Waals surface area contributed by atoms with E-state index in [-0.39, 0.29) is 0 Å². The highest BCUT2D eigenvalue weighted by molar-refractivity contribution is 5.98. The van der Waals surface area contributed by atoms with Crippen LogP contribution in [0.3, 0.4) is 0 Å². The minimum atomic E-state index is 0.441. The van der Waals surface area contributed by atoms with Crippen LogP contribution in [-0.4, -0.2) is 24.0 Å². The molecule has 4 nitrogen and oxygen atoms in total. The molecule has 0 spiro atoms. The van der Waals surface area contributed by atoms with E-state index < -0.39 is 0 Å². The molecule has 0 saturated carbocycles. The van der Waals surface area contributed by atoms with Gasteiger partial charge in [0.2, 0.25) is 0 Å². The molecule has 20 heavy (non-hydrogen) atoms. The lowest BCUT2D eigenvalue weighted by Gasteiger charge is -2.13. The van der Waals surface area contributed by atoms with Crippen LogP contribution in [0.5, 0.6) is 0 Å². The van der Waals surface area contributed by atoms with Gasteiger partial charge in [0.05, 0.1) is 12.1 Å². The minimum Gasteiger partial charge on any atom is -0.354 e. The topological polar surface area (TPSA) is 49.3 Å². The molecule has 0 fully saturated rings. The summed E-state index contributed by atoms with van der Waals surface area (Å²) in [5.74, 6) is 1.30. The Morgan fingerprint density at radius 2 is 2.00 bits per heavy atom. The Hall–Kier alpha value is -2.10. The second kappa shape index (κ2) is 5.12. The van der Waals surface area contributed by atoms with E-state index in [1.54, 1.807) is 0 Å². The molecule has 3 rings (SSSR count). The summed E-state index contributed by atoms with van der Waals surface area (Å²) in [6, 6.07) is 8.47. The molecule has 2 aromatic rings. The van der Waals surface area contributed by atoms with Crippen LogP contribution in [0.25, 0.3) is 10.9 Å². The lowest BCUT2D eigenvalue weighted by atomic mass is 10.0. The summed E-state index contributed by atoms with van der Waals surface area (Å²) >= 11 is 0. The van der Waals surface area contributed by atoms with Gasteiger partial charge in [0.1, 0.15) is 0 Å². The van der Waals surface area contributed by atoms with Crippen LogP contribution in [0.4, 0.5) is 5.69 Å². The number of nitrogens with zero attached hydrogens (tertiary/aromatic N) is 2. The van der Waals surface area contributed by atoms with E-state index in [0.29, 0.717) is 5.92 Å². The van der Waals surface area contributed by atoms with E-state index in [4.69, 9.17) is 4.98 Å². The van der Waals surface area contributed by atoms with Crippen LogP contribution in [0.15, 0.2) is 29.3 Å². The van der Waals surface area contributed by atoms with Crippen LogP contribution >= 0.6 is 0 Å². The standard InChI is InChI=1S/C16H20N4/c1-10(2)13-6-4-12-5-7-14(11(3)15(12)19-13)20-16-17-8-9-18-16/h4-7,10H,8-9H2,1-3H3,(H2,17,18,20). The first-order valence-corrected chi connectivity index (χ1v) is 7.11. The average molecular weight is 268 g/mol. The summed E-state index contributed by atoms with van der Waals surface area (Å²) < 4.78 is 0. The van der Waals surface area contributed by atoms with Gasteiger partial charge < -0.3 is 10.6 Å². The molecule has 2 N–H and O–H groups in total. The Morgan fingerprint density at radius 3 is 2.70 bits per heavy atom. The van der Waals surface area contributed by atoms with E-state index in [9.17, 15) is 0 Å². The summed E-state index contributed by atoms with van der Waals surface area (Å²) in [4.78, 5) is 9.18. The zero-order valence-corrected chi connectivity index (χ0v) is 12.2. The molecule has 0 unspecified atom stereocenters. The number of aromatic nitrogens is 1. The highest BCUT2D eigenvalue weighted by Crippen LogP contribution is 2.26. The fraction of sp³-hybridized carbons (Fsp3) is 0.375. The van der Waals surface area contributed by atoms with E-state index in [1.165, 1.54) is 10.9 Å². The van der Waals surface area contributed by atoms with Gasteiger partial charge in [-0.25, -0.2) is 0 Å². The number of benzene rings is 1. The molecule has 2 heterocycles. The van der Waals surface area contributed by atoms with Gasteiger partial charge in [-0.1, -0.05) is 26.0 Å². The Bertz CT molecular complexity index is 673. The Balaban J connectivity index is 2.03. The van der Waals surface area contributed by atoms with Gasteiger partial charge in [-0.3, -0.25) is 9.98 Å². The van der Waals surface area contributed by atoms with Crippen molar-refractivity contribution in [2.45, 2.75) is 26.7 Å². The first-order valence-electron chi connectivity index (χ1n) is 7.11. The number of fused-ring (bicyclic) bond motifs is 1. The minimum absolute atomic E-state index is 0.441. The van der Waals surface area contributed by atoms with Crippen LogP contribution in [-0.2, 0) is 0 Å². The molecule has 0 bridgehead atoms. The quantitative estimate of drug-likeness (QED) is 0.880. The predicted molar refractivity (Wildman–Crippen MR) is 84.5 cm³/mol. The number of aryl methyl sites for hydroxylation is 1. The molecule has 104 valence electrons. The van der Waals surface area contributed by atoms with Crippen molar-refractivity contribution in [1.82, 2.24) is 10.3 Å². The van der Waals surface area contributed by atoms with Gasteiger partial charge in [0.25, 0.3) is 0 Å². The zero-order valence-electron chi connectivity index (χ0n) is 12.2. The van der Waals surface area contributed by atoms with E-state index in [2.05, 4.69) is 60.7 Å². The van der Waals surface area contributed by atoms with Crippen LogP contribution in [0.1, 0.15) is 31.0 Å². The summed E-state index contributed by atoms with van der Waals surface area (Å²) in [6.45, 7) is 8.19. The smallest absolute Gasteiger partial charge is 0.195 e. The van der Waals surface area contributed by atoms with E-state index in [0.717, 1.165) is 35.9 Å². The van der Waals surface area contributed by atoms with Gasteiger partial charge in [-0.15, -0.1) is 0 Å². The number of rotatable bonds is 2. The maximum absolute atomic E-state index is 4.81. The second-order valence-electron chi connectivity index (χ2n) is 5.48. The summed E-state index contributed by atoms with van der Waals surface area (Å²) in [6.07, 6.45) is 0.